The molecule has 0 aromatic heterocycles. The standard InChI is InChI=1S/C13H21N3O3/c1-13(12(18)19)5-3-8-16(10-13)9-11(17)15(2)7-4-6-14/h3-5,7-10H2,1-2H3,(H,18,19). The van der Waals surface area contributed by atoms with E-state index in [0.29, 0.717) is 25.9 Å². The van der Waals surface area contributed by atoms with Crippen molar-refractivity contribution in [1.29, 1.82) is 5.26 Å². The molecule has 6 nitrogen and oxygen atoms in total. The molecular formula is C13H21N3O3. The fourth-order valence-corrected chi connectivity index (χ4v) is 2.31. The van der Waals surface area contributed by atoms with Gasteiger partial charge in [-0.1, -0.05) is 0 Å². The highest BCUT2D eigenvalue weighted by molar-refractivity contribution is 5.78. The molecule has 1 amide bonds. The number of carboxylic acid groups (broad SMARTS) is 1. The molecule has 0 aromatic rings. The highest BCUT2D eigenvalue weighted by Crippen LogP contribution is 2.29. The van der Waals surface area contributed by atoms with Crippen molar-refractivity contribution in [3.05, 3.63) is 0 Å². The zero-order valence-corrected chi connectivity index (χ0v) is 11.6. The van der Waals surface area contributed by atoms with Gasteiger partial charge in [0.25, 0.3) is 0 Å². The summed E-state index contributed by atoms with van der Waals surface area (Å²) in [6.07, 6.45) is 1.75. The lowest BCUT2D eigenvalue weighted by atomic mass is 9.82. The number of carbonyl (C=O) groups excluding carboxylic acids is 1. The summed E-state index contributed by atoms with van der Waals surface area (Å²) in [4.78, 5) is 26.6. The van der Waals surface area contributed by atoms with Gasteiger partial charge >= 0.3 is 5.97 Å². The third kappa shape index (κ3) is 4.21. The second-order valence-electron chi connectivity index (χ2n) is 5.40. The zero-order valence-electron chi connectivity index (χ0n) is 11.6. The van der Waals surface area contributed by atoms with Crippen LogP contribution in [-0.4, -0.2) is 60.0 Å². The van der Waals surface area contributed by atoms with E-state index in [9.17, 15) is 14.7 Å². The molecule has 0 bridgehead atoms. The summed E-state index contributed by atoms with van der Waals surface area (Å²) in [6, 6.07) is 2.00. The summed E-state index contributed by atoms with van der Waals surface area (Å²) in [6.45, 7) is 3.52. The van der Waals surface area contributed by atoms with Gasteiger partial charge in [0.05, 0.1) is 24.4 Å². The lowest BCUT2D eigenvalue weighted by Crippen LogP contribution is -2.49. The summed E-state index contributed by atoms with van der Waals surface area (Å²) >= 11 is 0. The minimum atomic E-state index is -0.803. The van der Waals surface area contributed by atoms with Crippen LogP contribution < -0.4 is 0 Å². The van der Waals surface area contributed by atoms with Gasteiger partial charge in [-0.25, -0.2) is 0 Å². The van der Waals surface area contributed by atoms with Gasteiger partial charge in [-0.15, -0.1) is 0 Å². The van der Waals surface area contributed by atoms with E-state index in [1.165, 1.54) is 4.90 Å². The largest absolute Gasteiger partial charge is 0.481 e. The van der Waals surface area contributed by atoms with Crippen LogP contribution in [-0.2, 0) is 9.59 Å². The second kappa shape index (κ2) is 6.53. The van der Waals surface area contributed by atoms with Gasteiger partial charge in [0, 0.05) is 20.1 Å². The van der Waals surface area contributed by atoms with Crippen LogP contribution in [0.3, 0.4) is 0 Å². The Hall–Kier alpha value is -1.61. The molecule has 6 heteroatoms. The molecule has 1 fully saturated rings. The third-order valence-corrected chi connectivity index (χ3v) is 3.64. The molecule has 1 N–H and O–H groups in total. The Labute approximate surface area is 113 Å². The average Bonchev–Trinajstić information content (AvgIpc) is 2.35. The quantitative estimate of drug-likeness (QED) is 0.786. The Morgan fingerprint density at radius 3 is 2.79 bits per heavy atom. The van der Waals surface area contributed by atoms with Crippen molar-refractivity contribution >= 4 is 11.9 Å². The minimum Gasteiger partial charge on any atom is -0.481 e. The van der Waals surface area contributed by atoms with Gasteiger partial charge in [0.2, 0.25) is 5.91 Å². The van der Waals surface area contributed by atoms with Crippen LogP contribution >= 0.6 is 0 Å². The summed E-state index contributed by atoms with van der Waals surface area (Å²) in [5.74, 6) is -0.868. The molecule has 0 saturated carbocycles. The monoisotopic (exact) mass is 267 g/mol. The molecule has 1 atom stereocenters. The zero-order chi connectivity index (χ0) is 14.5. The molecule has 0 spiro atoms. The van der Waals surface area contributed by atoms with Gasteiger partial charge < -0.3 is 10.0 Å². The van der Waals surface area contributed by atoms with Gasteiger partial charge in [0.15, 0.2) is 0 Å². The molecule has 1 aliphatic rings. The highest BCUT2D eigenvalue weighted by Gasteiger charge is 2.38. The Morgan fingerprint density at radius 1 is 1.53 bits per heavy atom. The molecule has 0 aromatic carbocycles. The molecular weight excluding hydrogens is 246 g/mol. The van der Waals surface area contributed by atoms with Crippen LogP contribution in [0.5, 0.6) is 0 Å². The van der Waals surface area contributed by atoms with Crippen LogP contribution in [0.2, 0.25) is 0 Å². The number of nitrogens with zero attached hydrogens (tertiary/aromatic N) is 3. The van der Waals surface area contributed by atoms with E-state index in [1.54, 1.807) is 14.0 Å². The number of likely N-dealkylation sites (N-methyl/N-ethyl adjacent to an activating group) is 1. The first-order valence-electron chi connectivity index (χ1n) is 6.46. The van der Waals surface area contributed by atoms with E-state index in [0.717, 1.165) is 13.0 Å². The summed E-state index contributed by atoms with van der Waals surface area (Å²) < 4.78 is 0. The van der Waals surface area contributed by atoms with Crippen LogP contribution in [0.4, 0.5) is 0 Å². The number of rotatable bonds is 5. The summed E-state index contributed by atoms with van der Waals surface area (Å²) in [7, 11) is 1.67. The Morgan fingerprint density at radius 2 is 2.21 bits per heavy atom. The fraction of sp³-hybridized carbons (Fsp3) is 0.769. The third-order valence-electron chi connectivity index (χ3n) is 3.64. The molecule has 0 aliphatic carbocycles. The average molecular weight is 267 g/mol. The number of amides is 1. The number of carbonyl (C=O) groups is 2. The van der Waals surface area contributed by atoms with Crippen molar-refractivity contribution in [2.45, 2.75) is 26.2 Å². The maximum absolute atomic E-state index is 11.9. The van der Waals surface area contributed by atoms with E-state index < -0.39 is 11.4 Å². The van der Waals surface area contributed by atoms with Gasteiger partial charge in [-0.05, 0) is 26.3 Å². The van der Waals surface area contributed by atoms with Gasteiger partial charge in [0.1, 0.15) is 0 Å². The van der Waals surface area contributed by atoms with Crippen molar-refractivity contribution < 1.29 is 14.7 Å². The van der Waals surface area contributed by atoms with Gasteiger partial charge in [-0.2, -0.15) is 5.26 Å². The molecule has 1 rings (SSSR count). The van der Waals surface area contributed by atoms with E-state index >= 15 is 0 Å². The molecule has 19 heavy (non-hydrogen) atoms. The molecule has 1 unspecified atom stereocenters. The molecule has 1 aliphatic heterocycles. The van der Waals surface area contributed by atoms with Crippen LogP contribution in [0.15, 0.2) is 0 Å². The first-order valence-corrected chi connectivity index (χ1v) is 6.46. The van der Waals surface area contributed by atoms with Crippen LogP contribution in [0.25, 0.3) is 0 Å². The Kier molecular flexibility index (Phi) is 5.31. The predicted molar refractivity (Wildman–Crippen MR) is 69.3 cm³/mol. The molecule has 1 heterocycles. The molecule has 1 saturated heterocycles. The molecule has 106 valence electrons. The van der Waals surface area contributed by atoms with Crippen molar-refractivity contribution in [1.82, 2.24) is 9.80 Å². The van der Waals surface area contributed by atoms with E-state index in [-0.39, 0.29) is 12.5 Å². The SMILES string of the molecule is CN(CCC#N)C(=O)CN1CCCC(C)(C(=O)O)C1. The van der Waals surface area contributed by atoms with Crippen molar-refractivity contribution in [3.8, 4) is 6.07 Å². The number of hydrogen-bond donors (Lipinski definition) is 1. The van der Waals surface area contributed by atoms with Crippen LogP contribution in [0.1, 0.15) is 26.2 Å². The maximum Gasteiger partial charge on any atom is 0.310 e. The number of nitriles is 1. The maximum atomic E-state index is 11.9. The first kappa shape index (κ1) is 15.4. The lowest BCUT2D eigenvalue weighted by molar-refractivity contribution is -0.152. The number of carboxylic acids is 1. The smallest absolute Gasteiger partial charge is 0.310 e. The molecule has 0 radical (unpaired) electrons. The topological polar surface area (TPSA) is 84.6 Å². The normalized spacial score (nSPS) is 23.6. The summed E-state index contributed by atoms with van der Waals surface area (Å²) in [5.41, 5.74) is -0.760. The van der Waals surface area contributed by atoms with Crippen molar-refractivity contribution in [2.24, 2.45) is 5.41 Å². The number of aliphatic carboxylic acids is 1. The number of likely N-dealkylation sites (tertiary alicyclic amines) is 1. The second-order valence-corrected chi connectivity index (χ2v) is 5.40. The van der Waals surface area contributed by atoms with Gasteiger partial charge in [-0.3, -0.25) is 14.5 Å². The number of hydrogen-bond acceptors (Lipinski definition) is 4. The Balaban J connectivity index is 2.51. The van der Waals surface area contributed by atoms with Crippen molar-refractivity contribution in [2.75, 3.05) is 33.2 Å². The highest BCUT2D eigenvalue weighted by atomic mass is 16.4. The fourth-order valence-electron chi connectivity index (χ4n) is 2.31. The Bertz CT molecular complexity index is 391. The van der Waals surface area contributed by atoms with E-state index in [4.69, 9.17) is 5.26 Å². The van der Waals surface area contributed by atoms with Crippen LogP contribution in [0, 0.1) is 16.7 Å². The number of piperidine rings is 1. The van der Waals surface area contributed by atoms with E-state index in [1.807, 2.05) is 11.0 Å². The lowest BCUT2D eigenvalue weighted by Gasteiger charge is -2.37. The summed E-state index contributed by atoms with van der Waals surface area (Å²) in [5, 5.41) is 17.7. The minimum absolute atomic E-state index is 0.0649. The predicted octanol–water partition coefficient (Wildman–Crippen LogP) is 0.545. The van der Waals surface area contributed by atoms with E-state index in [2.05, 4.69) is 0 Å². The first-order chi connectivity index (χ1) is 8.89. The van der Waals surface area contributed by atoms with Crippen molar-refractivity contribution in [3.63, 3.8) is 0 Å².